The minimum Gasteiger partial charge on any atom is -0.400 e. The third-order valence-corrected chi connectivity index (χ3v) is 13.9. The van der Waals surface area contributed by atoms with E-state index in [1.807, 2.05) is 72.8 Å². The Morgan fingerprint density at radius 1 is 0.284 bits per heavy atom. The second kappa shape index (κ2) is 30.8. The van der Waals surface area contributed by atoms with Crippen molar-refractivity contribution in [2.24, 2.45) is 0 Å². The molecule has 0 spiro atoms. The second-order valence-corrected chi connectivity index (χ2v) is 18.7. The fraction of sp³-hybridized carbons (Fsp3) is 0.0263. The maximum Gasteiger partial charge on any atom is 0.185 e. The van der Waals surface area contributed by atoms with E-state index in [2.05, 4.69) is 109 Å². The van der Waals surface area contributed by atoms with Gasteiger partial charge in [-0.05, 0) is 87.9 Å². The summed E-state index contributed by atoms with van der Waals surface area (Å²) in [4.78, 5) is 24.8. The summed E-state index contributed by atoms with van der Waals surface area (Å²) in [7, 11) is 2.00. The van der Waals surface area contributed by atoms with E-state index in [-0.39, 0.29) is 33.9 Å². The van der Waals surface area contributed by atoms with E-state index in [0.717, 1.165) is 25.3 Å². The van der Waals surface area contributed by atoms with Gasteiger partial charge in [0.25, 0.3) is 0 Å². The van der Waals surface area contributed by atoms with Crippen LogP contribution in [0.4, 0.5) is 0 Å². The molecule has 416 valence electrons. The summed E-state index contributed by atoms with van der Waals surface area (Å²) in [6.45, 7) is 0. The van der Waals surface area contributed by atoms with Crippen LogP contribution in [0, 0.1) is 90.6 Å². The summed E-state index contributed by atoms with van der Waals surface area (Å²) in [6.07, 6.45) is 7.20. The highest BCUT2D eigenvalue weighted by atomic mass is 16.2. The third kappa shape index (κ3) is 14.2. The Kier molecular flexibility index (Phi) is 21.8. The molecule has 0 amide bonds. The molecule has 2 N–H and O–H groups in total. The molecule has 12 aromatic rings. The molecule has 0 aliphatic heterocycles. The van der Waals surface area contributed by atoms with Crippen LogP contribution < -0.4 is 20.9 Å². The number of nitriles is 8. The first-order valence-corrected chi connectivity index (χ1v) is 26.8. The summed E-state index contributed by atoms with van der Waals surface area (Å²) in [5, 5.41) is 99.9. The molecule has 0 heterocycles. The molecule has 0 aromatic heterocycles. The number of rotatable bonds is 6. The molecule has 12 rings (SSSR count). The van der Waals surface area contributed by atoms with E-state index in [9.17, 15) is 9.59 Å². The second-order valence-electron chi connectivity index (χ2n) is 18.7. The van der Waals surface area contributed by atoms with Crippen molar-refractivity contribution in [2.75, 3.05) is 14.2 Å². The molecule has 0 bridgehead atoms. The third-order valence-electron chi connectivity index (χ3n) is 13.9. The normalized spacial score (nSPS) is 9.95. The molecule has 88 heavy (non-hydrogen) atoms. The van der Waals surface area contributed by atoms with Gasteiger partial charge in [-0.1, -0.05) is 231 Å². The highest BCUT2D eigenvalue weighted by Gasteiger charge is 2.12. The van der Waals surface area contributed by atoms with Gasteiger partial charge >= 0.3 is 0 Å². The molecular formula is C76H48N8O4. The molecule has 12 aromatic carbocycles. The molecule has 0 saturated heterocycles. The van der Waals surface area contributed by atoms with Crippen LogP contribution in [-0.2, 0) is 0 Å². The average Bonchev–Trinajstić information content (AvgIpc) is 0.862. The molecule has 0 aliphatic carbocycles. The number of nitrogens with zero attached hydrogens (tertiary/aromatic N) is 8. The minimum atomic E-state index is 0.00187. The van der Waals surface area contributed by atoms with E-state index in [4.69, 9.17) is 52.3 Å². The molecule has 0 unspecified atom stereocenters. The van der Waals surface area contributed by atoms with Gasteiger partial charge in [-0.3, -0.25) is 9.59 Å². The Morgan fingerprint density at radius 3 is 0.784 bits per heavy atom. The van der Waals surface area contributed by atoms with Gasteiger partial charge in [0, 0.05) is 46.2 Å². The summed E-state index contributed by atoms with van der Waals surface area (Å²) in [6, 6.07) is 83.8. The van der Waals surface area contributed by atoms with Crippen molar-refractivity contribution < 1.29 is 19.8 Å². The smallest absolute Gasteiger partial charge is 0.185 e. The zero-order valence-electron chi connectivity index (χ0n) is 47.4. The standard InChI is InChI=1S/2C25H16O.2C12H4N4.2CH4O/c2*26-23(18-5-2-1-3-6-18)16-14-17-9-10-21-12-11-19-7-4-8-20-13-15-22(17)25(21)24(19)20;2*13-5-11(6-14)9-1-2-10(4-3-9)12(7-15)8-16;2*1-2/h2*1-16H;2*1-4H;2*2H,1H3/b2*16-14+;;;;. The fourth-order valence-corrected chi connectivity index (χ4v) is 9.76. The Hall–Kier alpha value is -13.1. The van der Waals surface area contributed by atoms with Gasteiger partial charge in [0.05, 0.1) is 0 Å². The number of aliphatic hydroxyl groups excluding tert-OH is 2. The van der Waals surface area contributed by atoms with E-state index in [1.165, 1.54) is 113 Å². The number of aliphatic hydroxyl groups is 2. The molecule has 12 nitrogen and oxygen atoms in total. The number of hydrogen-bond donors (Lipinski definition) is 2. The molecule has 0 atom stereocenters. The molecule has 12 heteroatoms. The maximum atomic E-state index is 12.4. The van der Waals surface area contributed by atoms with E-state index in [1.54, 1.807) is 60.7 Å². The largest absolute Gasteiger partial charge is 0.400 e. The Bertz CT molecular complexity index is 4690. The first-order chi connectivity index (χ1) is 43.1. The summed E-state index contributed by atoms with van der Waals surface area (Å²) < 4.78 is 0. The minimum absolute atomic E-state index is 0.00187. The van der Waals surface area contributed by atoms with Gasteiger partial charge in [-0.25, -0.2) is 0 Å². The SMILES string of the molecule is CO.CO.N#CC(C#N)=c1ccc(=C(C#N)C#N)cc1.N#CC(C#N)=c1ccc(=C(C#N)C#N)cc1.O=C(/C=C/c1ccc2ccc3cccc4ccc1c2c34)c1ccccc1.O=C(/C=C/c1ccc2ccc3cccc4ccc1c2c34)c1ccccc1. The summed E-state index contributed by atoms with van der Waals surface area (Å²) in [5.74, 6) is 0.0487. The number of carbonyl (C=O) groups is 2. The van der Waals surface area contributed by atoms with Gasteiger partial charge in [-0.15, -0.1) is 0 Å². The number of carbonyl (C=O) groups excluding carboxylic acids is 2. The predicted octanol–water partition coefficient (Wildman–Crippen LogP) is 12.3. The quantitative estimate of drug-likeness (QED) is 0.0894. The lowest BCUT2D eigenvalue weighted by Gasteiger charge is -2.12. The van der Waals surface area contributed by atoms with Gasteiger partial charge in [0.1, 0.15) is 70.8 Å². The fourth-order valence-electron chi connectivity index (χ4n) is 9.76. The van der Waals surface area contributed by atoms with Crippen molar-refractivity contribution in [3.8, 4) is 48.6 Å². The molecular weight excluding hydrogens is 1090 g/mol. The van der Waals surface area contributed by atoms with Crippen molar-refractivity contribution in [3.05, 3.63) is 274 Å². The van der Waals surface area contributed by atoms with E-state index >= 15 is 0 Å². The van der Waals surface area contributed by atoms with Gasteiger partial charge in [0.2, 0.25) is 0 Å². The van der Waals surface area contributed by atoms with Crippen LogP contribution >= 0.6 is 0 Å². The van der Waals surface area contributed by atoms with E-state index < -0.39 is 0 Å². The lowest BCUT2D eigenvalue weighted by Crippen LogP contribution is -2.11. The van der Waals surface area contributed by atoms with Gasteiger partial charge < -0.3 is 10.2 Å². The maximum absolute atomic E-state index is 12.4. The van der Waals surface area contributed by atoms with Crippen LogP contribution in [0.3, 0.4) is 0 Å². The first-order valence-electron chi connectivity index (χ1n) is 26.8. The zero-order valence-corrected chi connectivity index (χ0v) is 47.4. The van der Waals surface area contributed by atoms with Crippen molar-refractivity contribution in [3.63, 3.8) is 0 Å². The van der Waals surface area contributed by atoms with E-state index in [0.29, 0.717) is 32.0 Å². The average molecular weight is 1140 g/mol. The number of allylic oxidation sites excluding steroid dienone is 2. The Balaban J connectivity index is 0.000000169. The Morgan fingerprint density at radius 2 is 0.523 bits per heavy atom. The van der Waals surface area contributed by atoms with Gasteiger partial charge in [-0.2, -0.15) is 42.1 Å². The van der Waals surface area contributed by atoms with Crippen molar-refractivity contribution in [2.45, 2.75) is 0 Å². The van der Waals surface area contributed by atoms with Crippen molar-refractivity contribution in [1.82, 2.24) is 0 Å². The molecule has 0 aliphatic rings. The highest BCUT2D eigenvalue weighted by Crippen LogP contribution is 2.38. The lowest BCUT2D eigenvalue weighted by molar-refractivity contribution is 0.103. The zero-order chi connectivity index (χ0) is 63.0. The van der Waals surface area contributed by atoms with Crippen LogP contribution in [0.15, 0.2) is 231 Å². The Labute approximate surface area is 506 Å². The molecule has 0 fully saturated rings. The van der Waals surface area contributed by atoms with Crippen molar-refractivity contribution in [1.29, 1.82) is 42.1 Å². The molecule has 0 radical (unpaired) electrons. The predicted molar refractivity (Wildman–Crippen MR) is 346 cm³/mol. The molecule has 0 saturated carbocycles. The first kappa shape index (κ1) is 62.5. The van der Waals surface area contributed by atoms with Crippen LogP contribution in [0.25, 0.3) is 99.1 Å². The van der Waals surface area contributed by atoms with Crippen molar-refractivity contribution >= 4 is 111 Å². The number of benzene rings is 12. The highest BCUT2D eigenvalue weighted by molar-refractivity contribution is 6.26. The topological polar surface area (TPSA) is 265 Å². The van der Waals surface area contributed by atoms with Crippen LogP contribution in [0.5, 0.6) is 0 Å². The monoisotopic (exact) mass is 1140 g/mol. The summed E-state index contributed by atoms with van der Waals surface area (Å²) >= 11 is 0. The van der Waals surface area contributed by atoms with Crippen LogP contribution in [-0.4, -0.2) is 36.0 Å². The van der Waals surface area contributed by atoms with Gasteiger partial charge in [0.15, 0.2) is 11.6 Å². The van der Waals surface area contributed by atoms with Crippen LogP contribution in [0.1, 0.15) is 31.8 Å². The summed E-state index contributed by atoms with van der Waals surface area (Å²) in [5.41, 5.74) is 3.57. The number of ketones is 2. The lowest BCUT2D eigenvalue weighted by atomic mass is 9.92. The number of hydrogen-bond acceptors (Lipinski definition) is 12. The van der Waals surface area contributed by atoms with Crippen LogP contribution in [0.2, 0.25) is 0 Å².